The molecule has 0 saturated carbocycles. The molecule has 0 spiro atoms. The van der Waals surface area contributed by atoms with Crippen LogP contribution >= 0.6 is 0 Å². The van der Waals surface area contributed by atoms with Crippen molar-refractivity contribution in [2.75, 3.05) is 198 Å². The van der Waals surface area contributed by atoms with Crippen LogP contribution in [0.25, 0.3) is 0 Å². The second-order valence-electron chi connectivity index (χ2n) is 16.2. The Bertz CT molecular complexity index is 1840. The highest BCUT2D eigenvalue weighted by Gasteiger charge is 2.18. The highest BCUT2D eigenvalue weighted by atomic mass is 16.6. The van der Waals surface area contributed by atoms with E-state index < -0.39 is 0 Å². The van der Waals surface area contributed by atoms with Crippen molar-refractivity contribution >= 4 is 17.7 Å². The Kier molecular flexibility index (Phi) is 27.1. The lowest BCUT2D eigenvalue weighted by Gasteiger charge is -2.23. The molecule has 0 radical (unpaired) electrons. The first-order chi connectivity index (χ1) is 36.0. The number of carbonyl (C=O) groups is 3. The topological polar surface area (TPSA) is 229 Å². The standard InChI is InChI=1S/C51H72N4O18/c56-49(40-1-4-43-46(37-40)71-34-28-65-22-16-59-13-19-62-25-31-68-43)52-7-10-55(11-8-53-50(57)41-2-5-44-47(38-41)72-35-29-66-23-17-60-14-20-63-26-32-69-44)12-9-54-51(58)42-3-6-45-48(39-42)73-36-30-67-24-18-61-15-21-64-27-33-70-45/h1-6,37-39H,7-36H2,(H,52,56)(H,53,57)(H,54,58). The van der Waals surface area contributed by atoms with Crippen molar-refractivity contribution in [3.8, 4) is 34.5 Å². The average Bonchev–Trinajstić information content (AvgIpc) is 3.42. The van der Waals surface area contributed by atoms with Crippen molar-refractivity contribution in [2.24, 2.45) is 0 Å². The van der Waals surface area contributed by atoms with Crippen molar-refractivity contribution in [3.63, 3.8) is 0 Å². The molecule has 3 N–H and O–H groups in total. The van der Waals surface area contributed by atoms with Gasteiger partial charge in [0, 0.05) is 56.0 Å². The van der Waals surface area contributed by atoms with Crippen LogP contribution in [0.2, 0.25) is 0 Å². The molecule has 22 heteroatoms. The number of hydrogen-bond donors (Lipinski definition) is 3. The SMILES string of the molecule is O=C(NCCN(CCNC(=O)c1ccc2c(c1)OCCOCCOCCOCCO2)CCNC(=O)c1ccc2c(c1)OCCOCCOCCOCCO2)c1ccc2c(c1)OCCOCCOCCOCCO2. The van der Waals surface area contributed by atoms with E-state index in [2.05, 4.69) is 16.0 Å². The number of fused-ring (bicyclic) bond motifs is 3. The number of rotatable bonds is 12. The second-order valence-corrected chi connectivity index (χ2v) is 16.2. The lowest BCUT2D eigenvalue weighted by Crippen LogP contribution is -2.43. The van der Waals surface area contributed by atoms with E-state index in [1.165, 1.54) is 0 Å². The molecule has 3 aliphatic heterocycles. The second kappa shape index (κ2) is 34.8. The first-order valence-corrected chi connectivity index (χ1v) is 25.0. The van der Waals surface area contributed by atoms with Gasteiger partial charge in [0.2, 0.25) is 0 Å². The molecule has 0 atom stereocenters. The summed E-state index contributed by atoms with van der Waals surface area (Å²) in [5, 5.41) is 8.99. The maximum Gasteiger partial charge on any atom is 0.251 e. The van der Waals surface area contributed by atoms with Crippen LogP contribution in [-0.2, 0) is 42.6 Å². The van der Waals surface area contributed by atoms with Crippen molar-refractivity contribution in [3.05, 3.63) is 71.3 Å². The minimum absolute atomic E-state index is 0.243. The van der Waals surface area contributed by atoms with Crippen LogP contribution < -0.4 is 44.4 Å². The van der Waals surface area contributed by atoms with Crippen LogP contribution in [0.4, 0.5) is 0 Å². The predicted molar refractivity (Wildman–Crippen MR) is 263 cm³/mol. The number of nitrogens with zero attached hydrogens (tertiary/aromatic N) is 1. The number of amides is 3. The van der Waals surface area contributed by atoms with Gasteiger partial charge in [0.05, 0.1) is 119 Å². The molecule has 0 fully saturated rings. The zero-order valence-electron chi connectivity index (χ0n) is 41.7. The van der Waals surface area contributed by atoms with Crippen molar-refractivity contribution < 1.29 is 85.4 Å². The lowest BCUT2D eigenvalue weighted by atomic mass is 10.2. The molecule has 404 valence electrons. The minimum Gasteiger partial charge on any atom is -0.487 e. The quantitative estimate of drug-likeness (QED) is 0.236. The smallest absolute Gasteiger partial charge is 0.251 e. The summed E-state index contributed by atoms with van der Waals surface area (Å²) in [7, 11) is 0. The maximum absolute atomic E-state index is 13.6. The Morgan fingerprint density at radius 2 is 0.507 bits per heavy atom. The fourth-order valence-electron chi connectivity index (χ4n) is 7.16. The molecule has 0 saturated heterocycles. The molecule has 0 aromatic heterocycles. The molecule has 3 heterocycles. The van der Waals surface area contributed by atoms with Crippen LogP contribution in [0.3, 0.4) is 0 Å². The third-order valence-electron chi connectivity index (χ3n) is 10.9. The predicted octanol–water partition coefficient (Wildman–Crippen LogP) is 2.04. The van der Waals surface area contributed by atoms with Gasteiger partial charge in [-0.1, -0.05) is 0 Å². The molecule has 22 nitrogen and oxygen atoms in total. The summed E-state index contributed by atoms with van der Waals surface area (Å²) >= 11 is 0. The molecular weight excluding hydrogens is 957 g/mol. The number of benzene rings is 3. The van der Waals surface area contributed by atoms with E-state index >= 15 is 0 Å². The lowest BCUT2D eigenvalue weighted by molar-refractivity contribution is 0.00708. The van der Waals surface area contributed by atoms with Gasteiger partial charge in [-0.05, 0) is 54.6 Å². The molecule has 0 bridgehead atoms. The molecule has 3 aromatic carbocycles. The Hall–Kier alpha value is -5.53. The van der Waals surface area contributed by atoms with E-state index in [1.54, 1.807) is 54.6 Å². The number of ether oxygens (including phenoxy) is 15. The zero-order chi connectivity index (χ0) is 50.8. The van der Waals surface area contributed by atoms with Gasteiger partial charge in [-0.15, -0.1) is 0 Å². The third kappa shape index (κ3) is 22.2. The van der Waals surface area contributed by atoms with Gasteiger partial charge in [0.25, 0.3) is 17.7 Å². The molecule has 3 amide bonds. The highest BCUT2D eigenvalue weighted by Crippen LogP contribution is 2.31. The van der Waals surface area contributed by atoms with E-state index in [0.29, 0.717) is 190 Å². The molecule has 0 unspecified atom stereocenters. The Labute approximate surface area is 426 Å². The first kappa shape index (κ1) is 56.8. The Morgan fingerprint density at radius 3 is 0.740 bits per heavy atom. The third-order valence-corrected chi connectivity index (χ3v) is 10.9. The van der Waals surface area contributed by atoms with Crippen molar-refractivity contribution in [1.29, 1.82) is 0 Å². The van der Waals surface area contributed by atoms with Crippen LogP contribution in [-0.4, -0.2) is 220 Å². The average molecular weight is 1030 g/mol. The summed E-state index contributed by atoms with van der Waals surface area (Å²) in [5.41, 5.74) is 1.12. The maximum atomic E-state index is 13.6. The molecular formula is C51H72N4O18. The number of nitrogens with one attached hydrogen (secondary N) is 3. The van der Waals surface area contributed by atoms with E-state index in [-0.39, 0.29) is 77.0 Å². The van der Waals surface area contributed by atoms with Crippen LogP contribution in [0.1, 0.15) is 31.1 Å². The fraction of sp³-hybridized carbons (Fsp3) is 0.588. The van der Waals surface area contributed by atoms with Crippen LogP contribution in [0, 0.1) is 0 Å². The highest BCUT2D eigenvalue weighted by molar-refractivity contribution is 5.96. The summed E-state index contributed by atoms with van der Waals surface area (Å²) in [6.07, 6.45) is 0. The van der Waals surface area contributed by atoms with Gasteiger partial charge >= 0.3 is 0 Å². The largest absolute Gasteiger partial charge is 0.487 e. The Balaban J connectivity index is 1.07. The van der Waals surface area contributed by atoms with Gasteiger partial charge in [-0.3, -0.25) is 19.3 Å². The molecule has 3 aromatic rings. The van der Waals surface area contributed by atoms with Gasteiger partial charge < -0.3 is 87.0 Å². The Morgan fingerprint density at radius 1 is 0.301 bits per heavy atom. The zero-order valence-corrected chi connectivity index (χ0v) is 41.7. The number of carbonyl (C=O) groups excluding carboxylic acids is 3. The van der Waals surface area contributed by atoms with E-state index in [9.17, 15) is 14.4 Å². The van der Waals surface area contributed by atoms with E-state index in [0.717, 1.165) is 0 Å². The van der Waals surface area contributed by atoms with Gasteiger partial charge in [0.15, 0.2) is 34.5 Å². The number of hydrogen-bond acceptors (Lipinski definition) is 19. The summed E-state index contributed by atoms with van der Waals surface area (Å²) in [6.45, 7) is 10.8. The van der Waals surface area contributed by atoms with E-state index in [1.807, 2.05) is 4.90 Å². The first-order valence-electron chi connectivity index (χ1n) is 25.0. The molecule has 73 heavy (non-hydrogen) atoms. The van der Waals surface area contributed by atoms with Gasteiger partial charge in [-0.25, -0.2) is 0 Å². The summed E-state index contributed by atoms with van der Waals surface area (Å²) in [4.78, 5) is 42.7. The van der Waals surface area contributed by atoms with Crippen molar-refractivity contribution in [2.45, 2.75) is 0 Å². The van der Waals surface area contributed by atoms with Gasteiger partial charge in [0.1, 0.15) is 39.6 Å². The molecule has 0 aliphatic carbocycles. The summed E-state index contributed by atoms with van der Waals surface area (Å²) in [5.74, 6) is 1.65. The van der Waals surface area contributed by atoms with Crippen LogP contribution in [0.15, 0.2) is 54.6 Å². The van der Waals surface area contributed by atoms with Crippen molar-refractivity contribution in [1.82, 2.24) is 20.9 Å². The van der Waals surface area contributed by atoms with Gasteiger partial charge in [-0.2, -0.15) is 0 Å². The summed E-state index contributed by atoms with van der Waals surface area (Å²) in [6, 6.07) is 15.0. The molecule has 3 aliphatic rings. The fourth-order valence-corrected chi connectivity index (χ4v) is 7.16. The minimum atomic E-state index is -0.324. The normalized spacial score (nSPS) is 17.9. The van der Waals surface area contributed by atoms with Crippen LogP contribution in [0.5, 0.6) is 34.5 Å². The summed E-state index contributed by atoms with van der Waals surface area (Å²) < 4.78 is 85.7. The molecule has 6 rings (SSSR count). The van der Waals surface area contributed by atoms with E-state index in [4.69, 9.17) is 71.1 Å². The monoisotopic (exact) mass is 1030 g/mol.